The lowest BCUT2D eigenvalue weighted by Crippen LogP contribution is -2.35. The van der Waals surface area contributed by atoms with Gasteiger partial charge < -0.3 is 10.0 Å². The Labute approximate surface area is 125 Å². The van der Waals surface area contributed by atoms with Crippen LogP contribution in [0.15, 0.2) is 29.6 Å². The molecule has 1 aromatic carbocycles. The van der Waals surface area contributed by atoms with Gasteiger partial charge in [0, 0.05) is 22.5 Å². The molecule has 0 radical (unpaired) electrons. The molecule has 1 aromatic heterocycles. The number of hydrogen-bond donors (Lipinski definition) is 1. The Kier molecular flexibility index (Phi) is 3.63. The third kappa shape index (κ3) is 2.39. The molecular weight excluding hydrogens is 296 g/mol. The number of carboxylic acid groups (broad SMARTS) is 1. The number of carbonyl (C=O) groups is 1. The Balaban J connectivity index is 1.91. The van der Waals surface area contributed by atoms with Crippen molar-refractivity contribution in [2.45, 2.75) is 18.9 Å². The molecule has 0 amide bonds. The molecule has 1 saturated heterocycles. The van der Waals surface area contributed by atoms with Gasteiger partial charge in [0.15, 0.2) is 5.13 Å². The van der Waals surface area contributed by atoms with Crippen molar-refractivity contribution in [1.82, 2.24) is 4.98 Å². The van der Waals surface area contributed by atoms with Crippen LogP contribution in [0, 0.1) is 0 Å². The molecule has 0 saturated carbocycles. The van der Waals surface area contributed by atoms with Crippen molar-refractivity contribution < 1.29 is 9.90 Å². The van der Waals surface area contributed by atoms with Crippen LogP contribution < -0.4 is 4.90 Å². The van der Waals surface area contributed by atoms with E-state index in [1.807, 2.05) is 34.5 Å². The number of hydrogen-bond acceptors (Lipinski definition) is 4. The Hall–Kier alpha value is -1.59. The molecule has 1 unspecified atom stereocenters. The van der Waals surface area contributed by atoms with Gasteiger partial charge in [-0.15, -0.1) is 11.3 Å². The number of rotatable bonds is 3. The van der Waals surface area contributed by atoms with Crippen LogP contribution in [0.3, 0.4) is 0 Å². The molecular formula is C14H13ClN2O2S. The van der Waals surface area contributed by atoms with Gasteiger partial charge in [-0.05, 0) is 18.9 Å². The summed E-state index contributed by atoms with van der Waals surface area (Å²) in [4.78, 5) is 17.7. The zero-order valence-corrected chi connectivity index (χ0v) is 12.2. The Morgan fingerprint density at radius 1 is 1.45 bits per heavy atom. The second-order valence-electron chi connectivity index (χ2n) is 4.68. The van der Waals surface area contributed by atoms with Gasteiger partial charge in [-0.3, -0.25) is 0 Å². The molecule has 1 fully saturated rings. The van der Waals surface area contributed by atoms with Crippen molar-refractivity contribution in [2.75, 3.05) is 11.4 Å². The third-order valence-corrected chi connectivity index (χ3v) is 4.63. The van der Waals surface area contributed by atoms with Crippen molar-refractivity contribution in [3.63, 3.8) is 0 Å². The van der Waals surface area contributed by atoms with Crippen molar-refractivity contribution in [1.29, 1.82) is 0 Å². The van der Waals surface area contributed by atoms with E-state index >= 15 is 0 Å². The number of carboxylic acids is 1. The maximum Gasteiger partial charge on any atom is 0.326 e. The molecule has 4 nitrogen and oxygen atoms in total. The zero-order valence-electron chi connectivity index (χ0n) is 10.6. The summed E-state index contributed by atoms with van der Waals surface area (Å²) in [5.74, 6) is -0.781. The minimum absolute atomic E-state index is 0.458. The van der Waals surface area contributed by atoms with E-state index in [0.717, 1.165) is 29.4 Å². The maximum absolute atomic E-state index is 11.2. The van der Waals surface area contributed by atoms with Crippen LogP contribution in [0.4, 0.5) is 5.13 Å². The largest absolute Gasteiger partial charge is 0.480 e. The van der Waals surface area contributed by atoms with E-state index in [0.29, 0.717) is 11.4 Å². The molecule has 104 valence electrons. The second-order valence-corrected chi connectivity index (χ2v) is 5.93. The summed E-state index contributed by atoms with van der Waals surface area (Å²) in [6.45, 7) is 0.743. The first-order chi connectivity index (χ1) is 9.66. The number of thiazole rings is 1. The summed E-state index contributed by atoms with van der Waals surface area (Å²) < 4.78 is 0. The summed E-state index contributed by atoms with van der Waals surface area (Å²) in [6.07, 6.45) is 1.56. The lowest BCUT2D eigenvalue weighted by molar-refractivity contribution is -0.138. The van der Waals surface area contributed by atoms with Crippen molar-refractivity contribution >= 4 is 34.0 Å². The molecule has 0 aliphatic carbocycles. The standard InChI is InChI=1S/C14H13ClN2O2S/c15-10-5-2-1-4-9(10)11-8-20-14(16-11)17-7-3-6-12(17)13(18)19/h1-2,4-5,8,12H,3,6-7H2,(H,18,19). The summed E-state index contributed by atoms with van der Waals surface area (Å²) in [7, 11) is 0. The van der Waals surface area contributed by atoms with Crippen molar-refractivity contribution in [3.8, 4) is 11.3 Å². The second kappa shape index (κ2) is 5.42. The Morgan fingerprint density at radius 3 is 3.00 bits per heavy atom. The molecule has 1 aliphatic heterocycles. The van der Waals surface area contributed by atoms with Crippen LogP contribution in [-0.4, -0.2) is 28.6 Å². The number of aromatic nitrogens is 1. The molecule has 1 N–H and O–H groups in total. The fourth-order valence-electron chi connectivity index (χ4n) is 2.44. The molecule has 0 bridgehead atoms. The number of nitrogens with zero attached hydrogens (tertiary/aromatic N) is 2. The maximum atomic E-state index is 11.2. The van der Waals surface area contributed by atoms with Gasteiger partial charge in [0.1, 0.15) is 6.04 Å². The number of aliphatic carboxylic acids is 1. The third-order valence-electron chi connectivity index (χ3n) is 3.43. The highest BCUT2D eigenvalue weighted by atomic mass is 35.5. The molecule has 3 rings (SSSR count). The van der Waals surface area contributed by atoms with E-state index in [9.17, 15) is 9.90 Å². The minimum atomic E-state index is -0.781. The quantitative estimate of drug-likeness (QED) is 0.942. The SMILES string of the molecule is O=C(O)C1CCCN1c1nc(-c2ccccc2Cl)cs1. The fourth-order valence-corrected chi connectivity index (χ4v) is 3.58. The molecule has 2 heterocycles. The van der Waals surface area contributed by atoms with Gasteiger partial charge >= 0.3 is 5.97 Å². The first-order valence-corrected chi connectivity index (χ1v) is 7.62. The van der Waals surface area contributed by atoms with E-state index < -0.39 is 12.0 Å². The van der Waals surface area contributed by atoms with E-state index in [-0.39, 0.29) is 0 Å². The summed E-state index contributed by atoms with van der Waals surface area (Å²) in [5, 5.41) is 12.6. The van der Waals surface area contributed by atoms with Crippen LogP contribution in [0.25, 0.3) is 11.3 Å². The van der Waals surface area contributed by atoms with Crippen LogP contribution >= 0.6 is 22.9 Å². The van der Waals surface area contributed by atoms with Crippen LogP contribution in [0.5, 0.6) is 0 Å². The predicted molar refractivity (Wildman–Crippen MR) is 80.6 cm³/mol. The smallest absolute Gasteiger partial charge is 0.326 e. The summed E-state index contributed by atoms with van der Waals surface area (Å²) in [5.41, 5.74) is 1.68. The summed E-state index contributed by atoms with van der Waals surface area (Å²) >= 11 is 7.63. The van der Waals surface area contributed by atoms with Gasteiger partial charge in [0.2, 0.25) is 0 Å². The first kappa shape index (κ1) is 13.4. The zero-order chi connectivity index (χ0) is 14.1. The summed E-state index contributed by atoms with van der Waals surface area (Å²) in [6, 6.07) is 7.07. The highest BCUT2D eigenvalue weighted by Crippen LogP contribution is 2.34. The molecule has 1 atom stereocenters. The fraction of sp³-hybridized carbons (Fsp3) is 0.286. The monoisotopic (exact) mass is 308 g/mol. The van der Waals surface area contributed by atoms with E-state index in [1.165, 1.54) is 11.3 Å². The molecule has 1 aliphatic rings. The van der Waals surface area contributed by atoms with Gasteiger partial charge in [0.05, 0.1) is 5.69 Å². The lowest BCUT2D eigenvalue weighted by Gasteiger charge is -2.19. The van der Waals surface area contributed by atoms with Crippen molar-refractivity contribution in [3.05, 3.63) is 34.7 Å². The van der Waals surface area contributed by atoms with E-state index in [2.05, 4.69) is 4.98 Å². The minimum Gasteiger partial charge on any atom is -0.480 e. The van der Waals surface area contributed by atoms with E-state index in [1.54, 1.807) is 0 Å². The lowest BCUT2D eigenvalue weighted by atomic mass is 10.2. The molecule has 20 heavy (non-hydrogen) atoms. The van der Waals surface area contributed by atoms with Gasteiger partial charge in [-0.1, -0.05) is 29.8 Å². The average molecular weight is 309 g/mol. The molecule has 0 spiro atoms. The van der Waals surface area contributed by atoms with Crippen molar-refractivity contribution in [2.24, 2.45) is 0 Å². The highest BCUT2D eigenvalue weighted by Gasteiger charge is 2.32. The van der Waals surface area contributed by atoms with Gasteiger partial charge in [-0.25, -0.2) is 9.78 Å². The van der Waals surface area contributed by atoms with Crippen LogP contribution in [0.2, 0.25) is 5.02 Å². The number of halogens is 1. The average Bonchev–Trinajstić information content (AvgIpc) is 3.07. The van der Waals surface area contributed by atoms with Gasteiger partial charge in [0.25, 0.3) is 0 Å². The normalized spacial score (nSPS) is 18.4. The van der Waals surface area contributed by atoms with Gasteiger partial charge in [-0.2, -0.15) is 0 Å². The predicted octanol–water partition coefficient (Wildman–Crippen LogP) is 3.52. The molecule has 2 aromatic rings. The van der Waals surface area contributed by atoms with Crippen LogP contribution in [-0.2, 0) is 4.79 Å². The Bertz CT molecular complexity index is 644. The topological polar surface area (TPSA) is 53.4 Å². The van der Waals surface area contributed by atoms with Crippen LogP contribution in [0.1, 0.15) is 12.8 Å². The highest BCUT2D eigenvalue weighted by molar-refractivity contribution is 7.14. The first-order valence-electron chi connectivity index (χ1n) is 6.36. The molecule has 6 heteroatoms. The number of benzene rings is 1. The Morgan fingerprint density at radius 2 is 2.25 bits per heavy atom. The number of anilines is 1. The van der Waals surface area contributed by atoms with E-state index in [4.69, 9.17) is 11.6 Å².